The van der Waals surface area contributed by atoms with Crippen molar-refractivity contribution in [2.45, 2.75) is 38.0 Å². The topological polar surface area (TPSA) is 72.5 Å². The lowest BCUT2D eigenvalue weighted by molar-refractivity contribution is -0.123. The Labute approximate surface area is 156 Å². The van der Waals surface area contributed by atoms with E-state index in [2.05, 4.69) is 5.32 Å². The van der Waals surface area contributed by atoms with Crippen molar-refractivity contribution in [3.8, 4) is 0 Å². The summed E-state index contributed by atoms with van der Waals surface area (Å²) in [5.41, 5.74) is 1.66. The SMILES string of the molecule is O=C(COC(=O)c1ccc(C2CCCCC2)cc1)NC(=O)c1cccs1. The fourth-order valence-electron chi connectivity index (χ4n) is 3.17. The Bertz CT molecular complexity index is 762. The molecule has 0 atom stereocenters. The number of nitrogens with one attached hydrogen (secondary N) is 1. The Hall–Kier alpha value is -2.47. The van der Waals surface area contributed by atoms with Gasteiger partial charge in [-0.25, -0.2) is 4.79 Å². The molecule has 5 nitrogen and oxygen atoms in total. The van der Waals surface area contributed by atoms with Crippen LogP contribution in [0.25, 0.3) is 0 Å². The maximum atomic E-state index is 12.1. The molecule has 1 aromatic carbocycles. The van der Waals surface area contributed by atoms with E-state index in [4.69, 9.17) is 4.74 Å². The van der Waals surface area contributed by atoms with Crippen molar-refractivity contribution in [3.63, 3.8) is 0 Å². The van der Waals surface area contributed by atoms with E-state index in [9.17, 15) is 14.4 Å². The molecule has 0 saturated heterocycles. The molecule has 1 aromatic heterocycles. The number of benzene rings is 1. The van der Waals surface area contributed by atoms with Gasteiger partial charge in [-0.05, 0) is 47.9 Å². The highest BCUT2D eigenvalue weighted by atomic mass is 32.1. The van der Waals surface area contributed by atoms with Gasteiger partial charge < -0.3 is 4.74 Å². The van der Waals surface area contributed by atoms with Crippen LogP contribution in [0.2, 0.25) is 0 Å². The highest BCUT2D eigenvalue weighted by Crippen LogP contribution is 2.32. The van der Waals surface area contributed by atoms with Crippen LogP contribution in [0.1, 0.15) is 63.6 Å². The van der Waals surface area contributed by atoms with Gasteiger partial charge in [-0.15, -0.1) is 11.3 Å². The van der Waals surface area contributed by atoms with Crippen LogP contribution < -0.4 is 5.32 Å². The van der Waals surface area contributed by atoms with Gasteiger partial charge in [-0.3, -0.25) is 14.9 Å². The minimum atomic E-state index is -0.643. The maximum Gasteiger partial charge on any atom is 0.338 e. The number of imide groups is 1. The van der Waals surface area contributed by atoms with Crippen LogP contribution in [0.5, 0.6) is 0 Å². The molecular weight excluding hydrogens is 350 g/mol. The summed E-state index contributed by atoms with van der Waals surface area (Å²) in [7, 11) is 0. The Kier molecular flexibility index (Phi) is 6.17. The summed E-state index contributed by atoms with van der Waals surface area (Å²) in [6, 6.07) is 10.7. The number of hydrogen-bond acceptors (Lipinski definition) is 5. The minimum absolute atomic E-state index is 0.405. The molecule has 1 fully saturated rings. The van der Waals surface area contributed by atoms with Crippen molar-refractivity contribution >= 4 is 29.1 Å². The lowest BCUT2D eigenvalue weighted by atomic mass is 9.84. The van der Waals surface area contributed by atoms with Gasteiger partial charge in [0, 0.05) is 0 Å². The van der Waals surface area contributed by atoms with Crippen LogP contribution >= 0.6 is 11.3 Å². The Balaban J connectivity index is 1.48. The van der Waals surface area contributed by atoms with Crippen molar-refractivity contribution in [2.24, 2.45) is 0 Å². The summed E-state index contributed by atoms with van der Waals surface area (Å²) in [4.78, 5) is 36.0. The molecule has 2 aromatic rings. The second-order valence-corrected chi connectivity index (χ2v) is 7.34. The average molecular weight is 371 g/mol. The molecule has 0 unspecified atom stereocenters. The van der Waals surface area contributed by atoms with Crippen molar-refractivity contribution in [3.05, 3.63) is 57.8 Å². The molecule has 0 radical (unpaired) electrons. The second kappa shape index (κ2) is 8.76. The number of amides is 2. The zero-order valence-electron chi connectivity index (χ0n) is 14.4. The molecule has 1 heterocycles. The average Bonchev–Trinajstić information content (AvgIpc) is 3.22. The monoisotopic (exact) mass is 371 g/mol. The third kappa shape index (κ3) is 4.79. The van der Waals surface area contributed by atoms with Crippen LogP contribution in [0.3, 0.4) is 0 Å². The third-order valence-electron chi connectivity index (χ3n) is 4.56. The molecule has 0 spiro atoms. The van der Waals surface area contributed by atoms with Crippen LogP contribution in [0.4, 0.5) is 0 Å². The number of rotatable bonds is 5. The van der Waals surface area contributed by atoms with E-state index in [1.54, 1.807) is 29.6 Å². The van der Waals surface area contributed by atoms with Gasteiger partial charge in [-0.1, -0.05) is 37.5 Å². The summed E-state index contributed by atoms with van der Waals surface area (Å²) in [5, 5.41) is 3.94. The fourth-order valence-corrected chi connectivity index (χ4v) is 3.79. The standard InChI is InChI=1S/C20H21NO4S/c22-18(21-19(23)17-7-4-12-26-17)13-25-20(24)16-10-8-15(9-11-16)14-5-2-1-3-6-14/h4,7-12,14H,1-3,5-6,13H2,(H,21,22,23). The van der Waals surface area contributed by atoms with Crippen LogP contribution in [0, 0.1) is 0 Å². The van der Waals surface area contributed by atoms with Crippen molar-refractivity contribution in [2.75, 3.05) is 6.61 Å². The van der Waals surface area contributed by atoms with E-state index in [-0.39, 0.29) is 0 Å². The van der Waals surface area contributed by atoms with Crippen molar-refractivity contribution < 1.29 is 19.1 Å². The molecular formula is C20H21NO4S. The predicted molar refractivity (Wildman–Crippen MR) is 99.3 cm³/mol. The number of esters is 1. The van der Waals surface area contributed by atoms with Gasteiger partial charge in [0.2, 0.25) is 0 Å². The molecule has 0 bridgehead atoms. The lowest BCUT2D eigenvalue weighted by Crippen LogP contribution is -2.33. The summed E-state index contributed by atoms with van der Waals surface area (Å²) in [6.07, 6.45) is 6.21. The Morgan fingerprint density at radius 2 is 1.77 bits per heavy atom. The van der Waals surface area contributed by atoms with Gasteiger partial charge >= 0.3 is 5.97 Å². The molecule has 0 aliphatic heterocycles. The van der Waals surface area contributed by atoms with E-state index in [0.717, 1.165) is 0 Å². The normalized spacial score (nSPS) is 14.6. The first-order valence-electron chi connectivity index (χ1n) is 8.78. The summed E-state index contributed by atoms with van der Waals surface area (Å²) in [5.74, 6) is -1.13. The second-order valence-electron chi connectivity index (χ2n) is 6.39. The first kappa shape index (κ1) is 18.3. The van der Waals surface area contributed by atoms with Gasteiger partial charge in [0.1, 0.15) is 0 Å². The fraction of sp³-hybridized carbons (Fsp3) is 0.350. The van der Waals surface area contributed by atoms with E-state index in [0.29, 0.717) is 16.4 Å². The minimum Gasteiger partial charge on any atom is -0.452 e. The quantitative estimate of drug-likeness (QED) is 0.809. The first-order valence-corrected chi connectivity index (χ1v) is 9.66. The predicted octanol–water partition coefficient (Wildman–Crippen LogP) is 3.91. The maximum absolute atomic E-state index is 12.1. The smallest absolute Gasteiger partial charge is 0.338 e. The molecule has 6 heteroatoms. The van der Waals surface area contributed by atoms with E-state index >= 15 is 0 Å². The molecule has 3 rings (SSSR count). The zero-order valence-corrected chi connectivity index (χ0v) is 15.2. The van der Waals surface area contributed by atoms with Crippen LogP contribution in [-0.2, 0) is 9.53 Å². The molecule has 136 valence electrons. The van der Waals surface area contributed by atoms with E-state index < -0.39 is 24.4 Å². The molecule has 1 saturated carbocycles. The number of carbonyl (C=O) groups excluding carboxylic acids is 3. The Morgan fingerprint density at radius 3 is 2.42 bits per heavy atom. The molecule has 1 aliphatic rings. The highest BCUT2D eigenvalue weighted by Gasteiger charge is 2.17. The van der Waals surface area contributed by atoms with Crippen LogP contribution in [-0.4, -0.2) is 24.4 Å². The molecule has 26 heavy (non-hydrogen) atoms. The van der Waals surface area contributed by atoms with Gasteiger partial charge in [0.15, 0.2) is 6.61 Å². The molecule has 1 aliphatic carbocycles. The van der Waals surface area contributed by atoms with Gasteiger partial charge in [-0.2, -0.15) is 0 Å². The van der Waals surface area contributed by atoms with Crippen LogP contribution in [0.15, 0.2) is 41.8 Å². The van der Waals surface area contributed by atoms with Crippen molar-refractivity contribution in [1.82, 2.24) is 5.32 Å². The summed E-state index contributed by atoms with van der Waals surface area (Å²) < 4.78 is 4.99. The summed E-state index contributed by atoms with van der Waals surface area (Å²) >= 11 is 1.24. The van der Waals surface area contributed by atoms with E-state index in [1.807, 2.05) is 12.1 Å². The Morgan fingerprint density at radius 1 is 1.04 bits per heavy atom. The number of ether oxygens (including phenoxy) is 1. The number of thiophene rings is 1. The van der Waals surface area contributed by atoms with Gasteiger partial charge in [0.25, 0.3) is 11.8 Å². The number of carbonyl (C=O) groups is 3. The lowest BCUT2D eigenvalue weighted by Gasteiger charge is -2.21. The third-order valence-corrected chi connectivity index (χ3v) is 5.42. The molecule has 1 N–H and O–H groups in total. The molecule has 2 amide bonds. The van der Waals surface area contributed by atoms with Crippen molar-refractivity contribution in [1.29, 1.82) is 0 Å². The highest BCUT2D eigenvalue weighted by molar-refractivity contribution is 7.12. The summed E-state index contributed by atoms with van der Waals surface area (Å²) in [6.45, 7) is -0.486. The largest absolute Gasteiger partial charge is 0.452 e. The first-order chi connectivity index (χ1) is 12.6. The van der Waals surface area contributed by atoms with Gasteiger partial charge in [0.05, 0.1) is 10.4 Å². The van der Waals surface area contributed by atoms with E-state index in [1.165, 1.54) is 49.0 Å². The number of hydrogen-bond donors (Lipinski definition) is 1. The zero-order chi connectivity index (χ0) is 18.4.